The molecular weight excluding hydrogens is 396 g/mol. The first-order valence-electron chi connectivity index (χ1n) is 8.83. The van der Waals surface area contributed by atoms with Crippen molar-refractivity contribution in [2.75, 3.05) is 4.90 Å². The predicted molar refractivity (Wildman–Crippen MR) is 108 cm³/mol. The Balaban J connectivity index is 1.95. The van der Waals surface area contributed by atoms with Crippen LogP contribution in [0.15, 0.2) is 83.8 Å². The molecule has 0 fully saturated rings. The van der Waals surface area contributed by atoms with E-state index in [0.717, 1.165) is 23.3 Å². The molecule has 0 unspecified atom stereocenters. The highest BCUT2D eigenvalue weighted by Crippen LogP contribution is 2.23. The average molecular weight is 415 g/mol. The van der Waals surface area contributed by atoms with E-state index < -0.39 is 20.5 Å². The van der Waals surface area contributed by atoms with Crippen LogP contribution in [0.2, 0.25) is 0 Å². The first-order chi connectivity index (χ1) is 13.8. The lowest BCUT2D eigenvalue weighted by Crippen LogP contribution is -2.30. The lowest BCUT2D eigenvalue weighted by molar-refractivity contribution is 0.0985. The van der Waals surface area contributed by atoms with Crippen LogP contribution in [0.4, 0.5) is 14.5 Å². The molecule has 29 heavy (non-hydrogen) atoms. The quantitative estimate of drug-likeness (QED) is 0.579. The lowest BCUT2D eigenvalue weighted by Gasteiger charge is -2.23. The Bertz CT molecular complexity index is 1080. The van der Waals surface area contributed by atoms with Crippen LogP contribution < -0.4 is 4.90 Å². The molecule has 0 spiro atoms. The SMILES string of the molecule is Cc1ccc(N(Cc2ccccc2)C(=O)c2ccc(S(=O)(=O)C(F)F)cc2)cc1. The highest BCUT2D eigenvalue weighted by Gasteiger charge is 2.27. The molecule has 1 amide bonds. The Morgan fingerprint density at radius 1 is 0.897 bits per heavy atom. The molecule has 0 saturated carbocycles. The van der Waals surface area contributed by atoms with E-state index in [1.165, 1.54) is 12.1 Å². The summed E-state index contributed by atoms with van der Waals surface area (Å²) in [5, 5.41) is 0. The topological polar surface area (TPSA) is 54.5 Å². The molecule has 4 nitrogen and oxygen atoms in total. The van der Waals surface area contributed by atoms with Crippen LogP contribution in [0.25, 0.3) is 0 Å². The van der Waals surface area contributed by atoms with E-state index in [2.05, 4.69) is 0 Å². The van der Waals surface area contributed by atoms with Crippen molar-refractivity contribution in [2.45, 2.75) is 24.1 Å². The first kappa shape index (κ1) is 20.7. The zero-order valence-electron chi connectivity index (χ0n) is 15.6. The van der Waals surface area contributed by atoms with Crippen LogP contribution in [0.3, 0.4) is 0 Å². The van der Waals surface area contributed by atoms with Gasteiger partial charge in [-0.2, -0.15) is 8.78 Å². The molecular formula is C22H19F2NO3S. The van der Waals surface area contributed by atoms with Crippen LogP contribution in [-0.2, 0) is 16.4 Å². The Hall–Kier alpha value is -3.06. The van der Waals surface area contributed by atoms with Crippen LogP contribution in [0.5, 0.6) is 0 Å². The van der Waals surface area contributed by atoms with E-state index >= 15 is 0 Å². The van der Waals surface area contributed by atoms with E-state index in [0.29, 0.717) is 12.2 Å². The number of aryl methyl sites for hydroxylation is 1. The lowest BCUT2D eigenvalue weighted by atomic mass is 10.1. The molecule has 0 aliphatic heterocycles. The summed E-state index contributed by atoms with van der Waals surface area (Å²) in [6.45, 7) is 2.25. The van der Waals surface area contributed by atoms with E-state index in [1.807, 2.05) is 61.5 Å². The number of carbonyl (C=O) groups excluding carboxylic acids is 1. The number of hydrogen-bond donors (Lipinski definition) is 0. The van der Waals surface area contributed by atoms with E-state index in [1.54, 1.807) is 4.90 Å². The van der Waals surface area contributed by atoms with Gasteiger partial charge >= 0.3 is 5.76 Å². The largest absolute Gasteiger partial charge is 0.341 e. The smallest absolute Gasteiger partial charge is 0.304 e. The van der Waals surface area contributed by atoms with Crippen molar-refractivity contribution in [3.05, 3.63) is 95.6 Å². The van der Waals surface area contributed by atoms with E-state index in [9.17, 15) is 22.0 Å². The maximum atomic E-state index is 13.2. The Labute approximate surface area is 168 Å². The summed E-state index contributed by atoms with van der Waals surface area (Å²) in [5.74, 6) is -3.87. The summed E-state index contributed by atoms with van der Waals surface area (Å²) < 4.78 is 48.6. The standard InChI is InChI=1S/C22H19F2NO3S/c1-16-7-11-19(12-8-16)25(15-17-5-3-2-4-6-17)21(26)18-9-13-20(14-10-18)29(27,28)22(23)24/h2-14,22H,15H2,1H3. The molecule has 150 valence electrons. The summed E-state index contributed by atoms with van der Waals surface area (Å²) in [7, 11) is -4.70. The molecule has 0 radical (unpaired) electrons. The van der Waals surface area contributed by atoms with Gasteiger partial charge in [-0.15, -0.1) is 0 Å². The van der Waals surface area contributed by atoms with Crippen molar-refractivity contribution in [2.24, 2.45) is 0 Å². The molecule has 0 aliphatic rings. The monoisotopic (exact) mass is 415 g/mol. The van der Waals surface area contributed by atoms with Crippen molar-refractivity contribution in [1.29, 1.82) is 0 Å². The molecule has 0 saturated heterocycles. The number of carbonyl (C=O) groups is 1. The molecule has 0 N–H and O–H groups in total. The summed E-state index contributed by atoms with van der Waals surface area (Å²) in [6.07, 6.45) is 0. The Kier molecular flexibility index (Phi) is 6.08. The van der Waals surface area contributed by atoms with Crippen molar-refractivity contribution in [1.82, 2.24) is 0 Å². The van der Waals surface area contributed by atoms with Gasteiger partial charge in [0.05, 0.1) is 11.4 Å². The maximum absolute atomic E-state index is 13.2. The molecule has 0 aliphatic carbocycles. The number of nitrogens with zero attached hydrogens (tertiary/aromatic N) is 1. The molecule has 0 bridgehead atoms. The van der Waals surface area contributed by atoms with Gasteiger partial charge in [0.15, 0.2) is 0 Å². The third-order valence-corrected chi connectivity index (χ3v) is 5.84. The zero-order chi connectivity index (χ0) is 21.0. The number of anilines is 1. The van der Waals surface area contributed by atoms with E-state index in [-0.39, 0.29) is 11.5 Å². The van der Waals surface area contributed by atoms with Crippen molar-refractivity contribution in [3.8, 4) is 0 Å². The van der Waals surface area contributed by atoms with Crippen molar-refractivity contribution < 1.29 is 22.0 Å². The number of alkyl halides is 2. The molecule has 3 rings (SSSR count). The van der Waals surface area contributed by atoms with Crippen molar-refractivity contribution in [3.63, 3.8) is 0 Å². The van der Waals surface area contributed by atoms with Crippen molar-refractivity contribution >= 4 is 21.4 Å². The maximum Gasteiger partial charge on any atom is 0.341 e. The Morgan fingerprint density at radius 2 is 1.48 bits per heavy atom. The van der Waals surface area contributed by atoms with Gasteiger partial charge in [0.25, 0.3) is 5.91 Å². The van der Waals surface area contributed by atoms with Gasteiger partial charge in [0.2, 0.25) is 9.84 Å². The highest BCUT2D eigenvalue weighted by molar-refractivity contribution is 7.91. The third-order valence-electron chi connectivity index (χ3n) is 4.44. The van der Waals surface area contributed by atoms with Gasteiger partial charge in [-0.05, 0) is 48.9 Å². The second-order valence-electron chi connectivity index (χ2n) is 6.54. The second-order valence-corrected chi connectivity index (χ2v) is 8.46. The Morgan fingerprint density at radius 3 is 2.03 bits per heavy atom. The number of sulfone groups is 1. The molecule has 0 aromatic heterocycles. The summed E-state index contributed by atoms with van der Waals surface area (Å²) >= 11 is 0. The van der Waals surface area contributed by atoms with Gasteiger partial charge < -0.3 is 4.90 Å². The van der Waals surface area contributed by atoms with Crippen LogP contribution in [-0.4, -0.2) is 20.1 Å². The summed E-state index contributed by atoms with van der Waals surface area (Å²) in [6, 6.07) is 21.4. The average Bonchev–Trinajstić information content (AvgIpc) is 2.73. The molecule has 0 heterocycles. The minimum Gasteiger partial charge on any atom is -0.304 e. The zero-order valence-corrected chi connectivity index (χ0v) is 16.4. The highest BCUT2D eigenvalue weighted by atomic mass is 32.2. The molecule has 3 aromatic carbocycles. The fourth-order valence-corrected chi connectivity index (χ4v) is 3.54. The minimum atomic E-state index is -4.70. The van der Waals surface area contributed by atoms with Crippen LogP contribution in [0, 0.1) is 6.92 Å². The number of hydrogen-bond acceptors (Lipinski definition) is 3. The third kappa shape index (κ3) is 4.68. The molecule has 7 heteroatoms. The second kappa shape index (κ2) is 8.53. The minimum absolute atomic E-state index is 0.203. The molecule has 0 atom stereocenters. The normalized spacial score (nSPS) is 11.4. The van der Waals surface area contributed by atoms with Crippen LogP contribution >= 0.6 is 0 Å². The van der Waals surface area contributed by atoms with Gasteiger partial charge in [-0.1, -0.05) is 48.0 Å². The number of amides is 1. The van der Waals surface area contributed by atoms with Crippen LogP contribution in [0.1, 0.15) is 21.5 Å². The van der Waals surface area contributed by atoms with Gasteiger partial charge in [-0.25, -0.2) is 8.42 Å². The predicted octanol–water partition coefficient (Wildman–Crippen LogP) is 4.84. The summed E-state index contributed by atoms with van der Waals surface area (Å²) in [5.41, 5.74) is 2.84. The van der Waals surface area contributed by atoms with E-state index in [4.69, 9.17) is 0 Å². The number of rotatable bonds is 6. The number of benzene rings is 3. The molecule has 3 aromatic rings. The number of halogens is 2. The fraction of sp³-hybridized carbons (Fsp3) is 0.136. The van der Waals surface area contributed by atoms with Gasteiger partial charge in [0.1, 0.15) is 0 Å². The summed E-state index contributed by atoms with van der Waals surface area (Å²) in [4.78, 5) is 14.2. The fourth-order valence-electron chi connectivity index (χ4n) is 2.82. The first-order valence-corrected chi connectivity index (χ1v) is 10.4. The van der Waals surface area contributed by atoms with Gasteiger partial charge in [0, 0.05) is 11.3 Å². The van der Waals surface area contributed by atoms with Gasteiger partial charge in [-0.3, -0.25) is 4.79 Å².